The van der Waals surface area contributed by atoms with Crippen LogP contribution in [0.4, 0.5) is 0 Å². The number of hydrogen-bond acceptors (Lipinski definition) is 4. The van der Waals surface area contributed by atoms with Crippen LogP contribution < -0.4 is 0 Å². The fraction of sp³-hybridized carbons (Fsp3) is 0.300. The molecule has 0 atom stereocenters. The summed E-state index contributed by atoms with van der Waals surface area (Å²) in [6, 6.07) is 1.87. The maximum absolute atomic E-state index is 5.63. The van der Waals surface area contributed by atoms with Crippen LogP contribution in [-0.2, 0) is 6.42 Å². The molecular weight excluding hydrogens is 230 g/mol. The SMILES string of the molecule is ClCCCc1csc(-c2ccncn2)n1. The summed E-state index contributed by atoms with van der Waals surface area (Å²) in [7, 11) is 0. The summed E-state index contributed by atoms with van der Waals surface area (Å²) in [5.41, 5.74) is 1.97. The maximum atomic E-state index is 5.63. The van der Waals surface area contributed by atoms with E-state index in [1.807, 2.05) is 6.07 Å². The standard InChI is InChI=1S/C10H10ClN3S/c11-4-1-2-8-6-15-10(14-8)9-3-5-12-7-13-9/h3,5-7H,1-2,4H2. The van der Waals surface area contributed by atoms with Crippen molar-refractivity contribution in [2.75, 3.05) is 5.88 Å². The van der Waals surface area contributed by atoms with Crippen LogP contribution in [0.1, 0.15) is 12.1 Å². The highest BCUT2D eigenvalue weighted by Crippen LogP contribution is 2.21. The van der Waals surface area contributed by atoms with Gasteiger partial charge in [0.1, 0.15) is 17.0 Å². The zero-order chi connectivity index (χ0) is 10.5. The van der Waals surface area contributed by atoms with Crippen molar-refractivity contribution >= 4 is 22.9 Å². The van der Waals surface area contributed by atoms with E-state index in [0.29, 0.717) is 5.88 Å². The van der Waals surface area contributed by atoms with E-state index < -0.39 is 0 Å². The quantitative estimate of drug-likeness (QED) is 0.771. The molecule has 0 aliphatic carbocycles. The largest absolute Gasteiger partial charge is 0.245 e. The summed E-state index contributed by atoms with van der Waals surface area (Å²) in [4.78, 5) is 12.5. The van der Waals surface area contributed by atoms with E-state index in [1.165, 1.54) is 6.33 Å². The van der Waals surface area contributed by atoms with Gasteiger partial charge >= 0.3 is 0 Å². The third kappa shape index (κ3) is 2.73. The molecule has 0 fully saturated rings. The van der Waals surface area contributed by atoms with Crippen LogP contribution in [0.5, 0.6) is 0 Å². The second-order valence-corrected chi connectivity index (χ2v) is 4.27. The van der Waals surface area contributed by atoms with Crippen molar-refractivity contribution in [3.8, 4) is 10.7 Å². The van der Waals surface area contributed by atoms with Crippen molar-refractivity contribution in [1.82, 2.24) is 15.0 Å². The van der Waals surface area contributed by atoms with Gasteiger partial charge in [0, 0.05) is 17.5 Å². The van der Waals surface area contributed by atoms with E-state index in [9.17, 15) is 0 Å². The van der Waals surface area contributed by atoms with Gasteiger partial charge in [-0.05, 0) is 18.9 Å². The fourth-order valence-electron chi connectivity index (χ4n) is 1.20. The van der Waals surface area contributed by atoms with Gasteiger partial charge in [-0.25, -0.2) is 15.0 Å². The Morgan fingerprint density at radius 1 is 1.40 bits per heavy atom. The van der Waals surface area contributed by atoms with Crippen LogP contribution in [0.2, 0.25) is 0 Å². The summed E-state index contributed by atoms with van der Waals surface area (Å²) < 4.78 is 0. The lowest BCUT2D eigenvalue weighted by molar-refractivity contribution is 0.899. The molecule has 0 N–H and O–H groups in total. The van der Waals surface area contributed by atoms with Crippen LogP contribution >= 0.6 is 22.9 Å². The molecule has 0 unspecified atom stereocenters. The number of halogens is 1. The molecule has 0 bridgehead atoms. The monoisotopic (exact) mass is 239 g/mol. The molecule has 2 rings (SSSR count). The Bertz CT molecular complexity index is 416. The summed E-state index contributed by atoms with van der Waals surface area (Å²) >= 11 is 7.24. The molecule has 0 aliphatic heterocycles. The lowest BCUT2D eigenvalue weighted by atomic mass is 10.3. The molecule has 0 saturated heterocycles. The molecule has 78 valence electrons. The normalized spacial score (nSPS) is 10.5. The zero-order valence-corrected chi connectivity index (χ0v) is 9.63. The molecule has 0 aromatic carbocycles. The number of rotatable bonds is 4. The van der Waals surface area contributed by atoms with E-state index in [4.69, 9.17) is 11.6 Å². The first kappa shape index (κ1) is 10.5. The third-order valence-electron chi connectivity index (χ3n) is 1.92. The molecule has 0 spiro atoms. The van der Waals surface area contributed by atoms with Gasteiger partial charge in [-0.2, -0.15) is 0 Å². The molecule has 0 amide bonds. The van der Waals surface area contributed by atoms with E-state index >= 15 is 0 Å². The van der Waals surface area contributed by atoms with Gasteiger partial charge in [0.05, 0.1) is 5.69 Å². The van der Waals surface area contributed by atoms with Gasteiger partial charge in [-0.3, -0.25) is 0 Å². The average molecular weight is 240 g/mol. The molecular formula is C10H10ClN3S. The number of hydrogen-bond donors (Lipinski definition) is 0. The number of aromatic nitrogens is 3. The number of aryl methyl sites for hydroxylation is 1. The van der Waals surface area contributed by atoms with Gasteiger partial charge in [-0.15, -0.1) is 22.9 Å². The Kier molecular flexibility index (Phi) is 3.64. The van der Waals surface area contributed by atoms with Crippen molar-refractivity contribution in [2.45, 2.75) is 12.8 Å². The Morgan fingerprint density at radius 2 is 2.33 bits per heavy atom. The van der Waals surface area contributed by atoms with Crippen LogP contribution in [0, 0.1) is 0 Å². The molecule has 2 aromatic rings. The predicted octanol–water partition coefficient (Wildman–Crippen LogP) is 2.77. The van der Waals surface area contributed by atoms with E-state index in [1.54, 1.807) is 17.5 Å². The highest BCUT2D eigenvalue weighted by Gasteiger charge is 2.04. The van der Waals surface area contributed by atoms with Crippen molar-refractivity contribution in [3.05, 3.63) is 29.7 Å². The van der Waals surface area contributed by atoms with Crippen molar-refractivity contribution in [2.24, 2.45) is 0 Å². The number of alkyl halides is 1. The summed E-state index contributed by atoms with van der Waals surface area (Å²) in [5, 5.41) is 3.01. The molecule has 0 radical (unpaired) electrons. The Labute approximate surface area is 97.2 Å². The highest BCUT2D eigenvalue weighted by molar-refractivity contribution is 7.13. The molecule has 5 heteroatoms. The molecule has 0 aliphatic rings. The predicted molar refractivity (Wildman–Crippen MR) is 62.2 cm³/mol. The van der Waals surface area contributed by atoms with Gasteiger partial charge in [0.15, 0.2) is 0 Å². The fourth-order valence-corrected chi connectivity index (χ4v) is 2.17. The first-order valence-corrected chi connectivity index (χ1v) is 6.08. The maximum Gasteiger partial charge on any atom is 0.142 e. The van der Waals surface area contributed by atoms with Gasteiger partial charge in [0.25, 0.3) is 0 Å². The van der Waals surface area contributed by atoms with Gasteiger partial charge < -0.3 is 0 Å². The molecule has 3 nitrogen and oxygen atoms in total. The van der Waals surface area contributed by atoms with Crippen LogP contribution in [-0.4, -0.2) is 20.8 Å². The zero-order valence-electron chi connectivity index (χ0n) is 8.06. The molecule has 0 saturated carbocycles. The van der Waals surface area contributed by atoms with Crippen molar-refractivity contribution in [1.29, 1.82) is 0 Å². The first-order chi connectivity index (χ1) is 7.40. The Morgan fingerprint density at radius 3 is 3.07 bits per heavy atom. The van der Waals surface area contributed by atoms with Gasteiger partial charge in [-0.1, -0.05) is 0 Å². The van der Waals surface area contributed by atoms with Crippen molar-refractivity contribution in [3.63, 3.8) is 0 Å². The number of thiazole rings is 1. The average Bonchev–Trinajstić information content (AvgIpc) is 2.76. The number of nitrogens with zero attached hydrogens (tertiary/aromatic N) is 3. The molecule has 15 heavy (non-hydrogen) atoms. The van der Waals surface area contributed by atoms with E-state index in [2.05, 4.69) is 20.3 Å². The van der Waals surface area contributed by atoms with E-state index in [-0.39, 0.29) is 0 Å². The Balaban J connectivity index is 2.14. The van der Waals surface area contributed by atoms with E-state index in [0.717, 1.165) is 29.2 Å². The first-order valence-electron chi connectivity index (χ1n) is 4.67. The molecule has 2 aromatic heterocycles. The lowest BCUT2D eigenvalue weighted by Gasteiger charge is -1.93. The topological polar surface area (TPSA) is 38.7 Å². The summed E-state index contributed by atoms with van der Waals surface area (Å²) in [6.45, 7) is 0. The van der Waals surface area contributed by atoms with Crippen LogP contribution in [0.15, 0.2) is 24.0 Å². The van der Waals surface area contributed by atoms with Gasteiger partial charge in [0.2, 0.25) is 0 Å². The second kappa shape index (κ2) is 5.19. The minimum atomic E-state index is 0.681. The minimum absolute atomic E-state index is 0.681. The molecule has 2 heterocycles. The highest BCUT2D eigenvalue weighted by atomic mass is 35.5. The van der Waals surface area contributed by atoms with Crippen LogP contribution in [0.25, 0.3) is 10.7 Å². The van der Waals surface area contributed by atoms with Crippen LogP contribution in [0.3, 0.4) is 0 Å². The summed E-state index contributed by atoms with van der Waals surface area (Å²) in [5.74, 6) is 0.681. The third-order valence-corrected chi connectivity index (χ3v) is 3.10. The Hall–Kier alpha value is -1.00. The minimum Gasteiger partial charge on any atom is -0.245 e. The second-order valence-electron chi connectivity index (χ2n) is 3.03. The smallest absolute Gasteiger partial charge is 0.142 e. The van der Waals surface area contributed by atoms with Crippen molar-refractivity contribution < 1.29 is 0 Å². The lowest BCUT2D eigenvalue weighted by Crippen LogP contribution is -1.87. The summed E-state index contributed by atoms with van der Waals surface area (Å²) in [6.07, 6.45) is 5.16.